The Balaban J connectivity index is 2.95. The van der Waals surface area contributed by atoms with Crippen LogP contribution in [-0.2, 0) is 0 Å². The molecule has 1 rings (SSSR count). The number of aliphatic hydroxyl groups is 3. The zero-order valence-corrected chi connectivity index (χ0v) is 8.71. The summed E-state index contributed by atoms with van der Waals surface area (Å²) in [6.07, 6.45) is -2.33. The molecule has 84 valence electrons. The van der Waals surface area contributed by atoms with Gasteiger partial charge in [0.1, 0.15) is 12.2 Å². The lowest BCUT2D eigenvalue weighted by atomic mass is 10.0. The van der Waals surface area contributed by atoms with Gasteiger partial charge in [-0.1, -0.05) is 0 Å². The Hall–Kier alpha value is -1.17. The summed E-state index contributed by atoms with van der Waals surface area (Å²) < 4.78 is 4.91. The average molecular weight is 213 g/mol. The zero-order valence-electron chi connectivity index (χ0n) is 8.71. The lowest BCUT2D eigenvalue weighted by Gasteiger charge is -2.17. The summed E-state index contributed by atoms with van der Waals surface area (Å²) in [6, 6.07) is 3.21. The van der Waals surface area contributed by atoms with Crippen molar-refractivity contribution in [2.45, 2.75) is 19.1 Å². The summed E-state index contributed by atoms with van der Waals surface area (Å²) in [5, 5.41) is 27.6. The molecule has 0 saturated heterocycles. The van der Waals surface area contributed by atoms with Gasteiger partial charge in [0, 0.05) is 17.3 Å². The summed E-state index contributed by atoms with van der Waals surface area (Å²) in [7, 11) is 1.50. The molecule has 0 spiro atoms. The van der Waals surface area contributed by atoms with Crippen molar-refractivity contribution in [2.75, 3.05) is 13.7 Å². The van der Waals surface area contributed by atoms with Crippen LogP contribution in [0.1, 0.15) is 17.4 Å². The number of ether oxygens (including phenoxy) is 1. The Morgan fingerprint density at radius 3 is 2.53 bits per heavy atom. The van der Waals surface area contributed by atoms with Crippen molar-refractivity contribution >= 4 is 0 Å². The summed E-state index contributed by atoms with van der Waals surface area (Å²) in [6.45, 7) is 1.21. The minimum absolute atomic E-state index is 0.446. The molecule has 1 heterocycles. The molecule has 2 unspecified atom stereocenters. The minimum atomic E-state index is -1.20. The summed E-state index contributed by atoms with van der Waals surface area (Å²) in [5.41, 5.74) is 1.05. The molecular formula is C10H15NO4. The molecule has 1 aromatic heterocycles. The van der Waals surface area contributed by atoms with E-state index in [0.29, 0.717) is 17.1 Å². The molecule has 1 aromatic rings. The summed E-state index contributed by atoms with van der Waals surface area (Å²) >= 11 is 0. The Bertz CT molecular complexity index is 329. The molecule has 0 aliphatic carbocycles. The van der Waals surface area contributed by atoms with Crippen molar-refractivity contribution in [3.8, 4) is 5.88 Å². The minimum Gasteiger partial charge on any atom is -0.481 e. The van der Waals surface area contributed by atoms with E-state index >= 15 is 0 Å². The molecule has 15 heavy (non-hydrogen) atoms. The van der Waals surface area contributed by atoms with E-state index in [9.17, 15) is 10.2 Å². The molecule has 0 amide bonds. The SMILES string of the molecule is COc1ccc(C(O)C(O)CO)c(C)n1. The van der Waals surface area contributed by atoms with Gasteiger partial charge in [0.2, 0.25) is 5.88 Å². The molecule has 0 aliphatic rings. The van der Waals surface area contributed by atoms with Crippen molar-refractivity contribution in [1.29, 1.82) is 0 Å². The molecule has 2 atom stereocenters. The lowest BCUT2D eigenvalue weighted by Crippen LogP contribution is -2.23. The Kier molecular flexibility index (Phi) is 4.02. The van der Waals surface area contributed by atoms with E-state index in [1.54, 1.807) is 19.1 Å². The van der Waals surface area contributed by atoms with Crippen LogP contribution in [0.3, 0.4) is 0 Å². The molecule has 0 aromatic carbocycles. The van der Waals surface area contributed by atoms with Crippen molar-refractivity contribution in [2.24, 2.45) is 0 Å². The fourth-order valence-electron chi connectivity index (χ4n) is 1.28. The molecule has 0 fully saturated rings. The zero-order chi connectivity index (χ0) is 11.4. The molecule has 3 N–H and O–H groups in total. The fourth-order valence-corrected chi connectivity index (χ4v) is 1.28. The van der Waals surface area contributed by atoms with Crippen LogP contribution in [0.5, 0.6) is 5.88 Å². The third kappa shape index (κ3) is 2.65. The lowest BCUT2D eigenvalue weighted by molar-refractivity contribution is -0.0157. The van der Waals surface area contributed by atoms with Gasteiger partial charge in [-0.3, -0.25) is 0 Å². The number of aromatic nitrogens is 1. The summed E-state index contributed by atoms with van der Waals surface area (Å²) in [4.78, 5) is 4.05. The van der Waals surface area contributed by atoms with Gasteiger partial charge in [0.05, 0.1) is 13.7 Å². The summed E-state index contributed by atoms with van der Waals surface area (Å²) in [5.74, 6) is 0.446. The van der Waals surface area contributed by atoms with Crippen LogP contribution in [0.4, 0.5) is 0 Å². The average Bonchev–Trinajstić information content (AvgIpc) is 2.26. The highest BCUT2D eigenvalue weighted by molar-refractivity contribution is 5.27. The molecule has 5 heteroatoms. The van der Waals surface area contributed by atoms with E-state index in [1.807, 2.05) is 0 Å². The number of hydrogen-bond acceptors (Lipinski definition) is 5. The first-order valence-corrected chi connectivity index (χ1v) is 4.58. The Morgan fingerprint density at radius 1 is 1.40 bits per heavy atom. The standard InChI is InChI=1S/C10H15NO4/c1-6-7(10(14)8(13)5-12)3-4-9(11-6)15-2/h3-4,8,10,12-14H,5H2,1-2H3. The number of nitrogens with zero attached hydrogens (tertiary/aromatic N) is 1. The van der Waals surface area contributed by atoms with E-state index in [1.165, 1.54) is 7.11 Å². The van der Waals surface area contributed by atoms with E-state index in [2.05, 4.69) is 4.98 Å². The number of hydrogen-bond donors (Lipinski definition) is 3. The van der Waals surface area contributed by atoms with Gasteiger partial charge in [-0.2, -0.15) is 0 Å². The van der Waals surface area contributed by atoms with Crippen molar-refractivity contribution in [3.05, 3.63) is 23.4 Å². The van der Waals surface area contributed by atoms with Gasteiger partial charge >= 0.3 is 0 Å². The first-order chi connectivity index (χ1) is 7.10. The molecular weight excluding hydrogens is 198 g/mol. The van der Waals surface area contributed by atoms with Crippen LogP contribution in [0.2, 0.25) is 0 Å². The molecule has 0 aliphatic heterocycles. The smallest absolute Gasteiger partial charge is 0.213 e. The number of methoxy groups -OCH3 is 1. The van der Waals surface area contributed by atoms with E-state index < -0.39 is 18.8 Å². The predicted molar refractivity (Wildman–Crippen MR) is 53.6 cm³/mol. The Morgan fingerprint density at radius 2 is 2.07 bits per heavy atom. The van der Waals surface area contributed by atoms with Crippen molar-refractivity contribution < 1.29 is 20.1 Å². The van der Waals surface area contributed by atoms with Gasteiger partial charge in [-0.25, -0.2) is 4.98 Å². The number of pyridine rings is 1. The van der Waals surface area contributed by atoms with Crippen LogP contribution in [-0.4, -0.2) is 40.1 Å². The highest BCUT2D eigenvalue weighted by Gasteiger charge is 2.19. The highest BCUT2D eigenvalue weighted by atomic mass is 16.5. The van der Waals surface area contributed by atoms with Gasteiger partial charge in [-0.05, 0) is 13.0 Å². The van der Waals surface area contributed by atoms with Gasteiger partial charge in [0.15, 0.2) is 0 Å². The maximum absolute atomic E-state index is 9.64. The monoisotopic (exact) mass is 213 g/mol. The number of aryl methyl sites for hydroxylation is 1. The maximum atomic E-state index is 9.64. The second-order valence-corrected chi connectivity index (χ2v) is 3.22. The molecule has 0 saturated carbocycles. The number of aliphatic hydroxyl groups excluding tert-OH is 3. The first kappa shape index (κ1) is 11.9. The topological polar surface area (TPSA) is 82.8 Å². The van der Waals surface area contributed by atoms with Crippen LogP contribution < -0.4 is 4.74 Å². The highest BCUT2D eigenvalue weighted by Crippen LogP contribution is 2.21. The van der Waals surface area contributed by atoms with E-state index in [4.69, 9.17) is 9.84 Å². The van der Waals surface area contributed by atoms with Crippen LogP contribution in [0.15, 0.2) is 12.1 Å². The first-order valence-electron chi connectivity index (χ1n) is 4.58. The van der Waals surface area contributed by atoms with Crippen molar-refractivity contribution in [3.63, 3.8) is 0 Å². The fraction of sp³-hybridized carbons (Fsp3) is 0.500. The normalized spacial score (nSPS) is 14.7. The number of rotatable bonds is 4. The third-order valence-electron chi connectivity index (χ3n) is 2.18. The largest absolute Gasteiger partial charge is 0.481 e. The van der Waals surface area contributed by atoms with Gasteiger partial charge in [0.25, 0.3) is 0 Å². The van der Waals surface area contributed by atoms with E-state index in [-0.39, 0.29) is 0 Å². The van der Waals surface area contributed by atoms with Gasteiger partial charge < -0.3 is 20.1 Å². The molecule has 5 nitrogen and oxygen atoms in total. The Labute approximate surface area is 88.0 Å². The van der Waals surface area contributed by atoms with Gasteiger partial charge in [-0.15, -0.1) is 0 Å². The van der Waals surface area contributed by atoms with Crippen molar-refractivity contribution in [1.82, 2.24) is 4.98 Å². The maximum Gasteiger partial charge on any atom is 0.213 e. The van der Waals surface area contributed by atoms with Crippen LogP contribution in [0, 0.1) is 6.92 Å². The predicted octanol–water partition coefficient (Wildman–Crippen LogP) is -0.215. The second kappa shape index (κ2) is 5.06. The second-order valence-electron chi connectivity index (χ2n) is 3.22. The molecule has 0 bridgehead atoms. The third-order valence-corrected chi connectivity index (χ3v) is 2.18. The van der Waals surface area contributed by atoms with E-state index in [0.717, 1.165) is 0 Å². The quantitative estimate of drug-likeness (QED) is 0.644. The van der Waals surface area contributed by atoms with Crippen LogP contribution in [0.25, 0.3) is 0 Å². The molecule has 0 radical (unpaired) electrons. The van der Waals surface area contributed by atoms with Crippen LogP contribution >= 0.6 is 0 Å².